The lowest BCUT2D eigenvalue weighted by molar-refractivity contribution is 0.0123. The van der Waals surface area contributed by atoms with Gasteiger partial charge in [0.2, 0.25) is 0 Å². The lowest BCUT2D eigenvalue weighted by atomic mass is 10.1. The molecule has 1 aliphatic heterocycles. The number of nitrogens with zero attached hydrogens (tertiary/aromatic N) is 3. The third-order valence-electron chi connectivity index (χ3n) is 3.37. The molecule has 6 heteroatoms. The summed E-state index contributed by atoms with van der Waals surface area (Å²) in [5, 5.41) is 9.04. The van der Waals surface area contributed by atoms with Gasteiger partial charge in [0.05, 0.1) is 10.6 Å². The SMILES string of the molecule is Cc1nn(C)c(C)c1[SH](C)(=O)C1=NOC(C)(C)C1. The number of rotatable bonds is 1. The molecule has 0 bridgehead atoms. The van der Waals surface area contributed by atoms with E-state index in [2.05, 4.69) is 10.3 Å². The monoisotopic (exact) mass is 271 g/mol. The molecule has 0 amide bonds. The van der Waals surface area contributed by atoms with Gasteiger partial charge in [-0.25, -0.2) is 0 Å². The topological polar surface area (TPSA) is 56.5 Å². The second-order valence-corrected chi connectivity index (χ2v) is 8.41. The van der Waals surface area contributed by atoms with E-state index in [0.717, 1.165) is 16.3 Å². The van der Waals surface area contributed by atoms with Gasteiger partial charge in [-0.05, 0) is 43.9 Å². The molecule has 18 heavy (non-hydrogen) atoms. The van der Waals surface area contributed by atoms with Gasteiger partial charge in [-0.2, -0.15) is 5.10 Å². The van der Waals surface area contributed by atoms with Crippen LogP contribution in [0.25, 0.3) is 0 Å². The fraction of sp³-hybridized carbons (Fsp3) is 0.667. The van der Waals surface area contributed by atoms with Crippen LogP contribution in [-0.2, 0) is 21.8 Å². The van der Waals surface area contributed by atoms with Gasteiger partial charge in [-0.3, -0.25) is 8.89 Å². The molecule has 2 rings (SSSR count). The van der Waals surface area contributed by atoms with Crippen molar-refractivity contribution in [3.8, 4) is 0 Å². The van der Waals surface area contributed by atoms with E-state index in [1.807, 2.05) is 34.7 Å². The molecule has 0 saturated carbocycles. The zero-order valence-electron chi connectivity index (χ0n) is 11.8. The quantitative estimate of drug-likeness (QED) is 0.789. The molecular formula is C12H21N3O2S. The zero-order chi connectivity index (χ0) is 13.7. The van der Waals surface area contributed by atoms with Crippen molar-refractivity contribution in [2.45, 2.75) is 44.6 Å². The van der Waals surface area contributed by atoms with Gasteiger partial charge in [-0.1, -0.05) is 5.16 Å². The van der Waals surface area contributed by atoms with Gasteiger partial charge in [0.15, 0.2) is 0 Å². The Morgan fingerprint density at radius 2 is 2.00 bits per heavy atom. The van der Waals surface area contributed by atoms with Crippen molar-refractivity contribution in [2.75, 3.05) is 6.26 Å². The van der Waals surface area contributed by atoms with Crippen molar-refractivity contribution >= 4 is 15.0 Å². The Kier molecular flexibility index (Phi) is 2.88. The Hall–Kier alpha value is -1.17. The standard InChI is InChI=1S/C12H21N3O2S/c1-8-11(9(2)15(5)13-8)18(6,16)10-7-12(3,4)17-14-10/h18H,7H2,1-6H3. The van der Waals surface area contributed by atoms with Crippen LogP contribution in [0, 0.1) is 13.8 Å². The maximum Gasteiger partial charge on any atom is 0.138 e. The van der Waals surface area contributed by atoms with E-state index in [4.69, 9.17) is 4.84 Å². The van der Waals surface area contributed by atoms with Crippen LogP contribution in [0.4, 0.5) is 0 Å². The van der Waals surface area contributed by atoms with Crippen LogP contribution < -0.4 is 0 Å². The highest BCUT2D eigenvalue weighted by Crippen LogP contribution is 2.33. The minimum Gasteiger partial charge on any atom is -0.389 e. The van der Waals surface area contributed by atoms with Crippen LogP contribution in [-0.4, -0.2) is 30.9 Å². The number of hydrogen-bond donors (Lipinski definition) is 1. The molecule has 0 fully saturated rings. The molecule has 2 heterocycles. The first-order valence-electron chi connectivity index (χ1n) is 5.99. The molecule has 0 N–H and O–H groups in total. The summed E-state index contributed by atoms with van der Waals surface area (Å²) in [6.07, 6.45) is 2.36. The van der Waals surface area contributed by atoms with Gasteiger partial charge in [-0.15, -0.1) is 0 Å². The van der Waals surface area contributed by atoms with Crippen molar-refractivity contribution in [1.82, 2.24) is 9.78 Å². The fourth-order valence-corrected chi connectivity index (χ4v) is 4.92. The molecule has 1 aromatic heterocycles. The van der Waals surface area contributed by atoms with E-state index in [1.165, 1.54) is 0 Å². The lowest BCUT2D eigenvalue weighted by Crippen LogP contribution is -2.27. The summed E-state index contributed by atoms with van der Waals surface area (Å²) in [7, 11) is -0.821. The summed E-state index contributed by atoms with van der Waals surface area (Å²) in [4.78, 5) is 6.16. The second kappa shape index (κ2) is 3.91. The minimum atomic E-state index is -2.69. The first kappa shape index (κ1) is 13.3. The van der Waals surface area contributed by atoms with Gasteiger partial charge < -0.3 is 4.84 Å². The molecule has 1 aromatic rings. The first-order chi connectivity index (χ1) is 8.15. The average Bonchev–Trinajstić information content (AvgIpc) is 2.69. The van der Waals surface area contributed by atoms with Crippen LogP contribution in [0.2, 0.25) is 0 Å². The molecule has 0 aliphatic carbocycles. The van der Waals surface area contributed by atoms with Gasteiger partial charge in [0.1, 0.15) is 10.6 Å². The van der Waals surface area contributed by atoms with Crippen LogP contribution in [0.5, 0.6) is 0 Å². The average molecular weight is 271 g/mol. The Balaban J connectivity index is 2.47. The van der Waals surface area contributed by atoms with Crippen LogP contribution in [0.15, 0.2) is 10.1 Å². The van der Waals surface area contributed by atoms with Crippen molar-refractivity contribution < 1.29 is 9.05 Å². The van der Waals surface area contributed by atoms with Crippen molar-refractivity contribution in [3.05, 3.63) is 11.4 Å². The number of aromatic nitrogens is 2. The molecule has 0 radical (unpaired) electrons. The van der Waals surface area contributed by atoms with Gasteiger partial charge in [0, 0.05) is 19.2 Å². The normalized spacial score (nSPS) is 19.6. The van der Waals surface area contributed by atoms with Crippen molar-refractivity contribution in [3.63, 3.8) is 0 Å². The van der Waals surface area contributed by atoms with Crippen molar-refractivity contribution in [2.24, 2.45) is 12.2 Å². The molecule has 0 saturated heterocycles. The van der Waals surface area contributed by atoms with Crippen molar-refractivity contribution in [1.29, 1.82) is 0 Å². The van der Waals surface area contributed by atoms with E-state index in [0.29, 0.717) is 11.5 Å². The van der Waals surface area contributed by atoms with E-state index in [1.54, 1.807) is 10.9 Å². The molecule has 0 atom stereocenters. The summed E-state index contributed by atoms with van der Waals surface area (Å²) in [6, 6.07) is 0. The summed E-state index contributed by atoms with van der Waals surface area (Å²) < 4.78 is 14.9. The van der Waals surface area contributed by atoms with Crippen LogP contribution in [0.3, 0.4) is 0 Å². The predicted molar refractivity (Wildman–Crippen MR) is 73.6 cm³/mol. The van der Waals surface area contributed by atoms with Gasteiger partial charge >= 0.3 is 0 Å². The predicted octanol–water partition coefficient (Wildman–Crippen LogP) is 1.55. The van der Waals surface area contributed by atoms with E-state index in [-0.39, 0.29) is 5.60 Å². The maximum absolute atomic E-state index is 13.1. The Labute approximate surface area is 109 Å². The highest BCUT2D eigenvalue weighted by Gasteiger charge is 2.37. The third-order valence-corrected chi connectivity index (χ3v) is 6.10. The Morgan fingerprint density at radius 1 is 1.39 bits per heavy atom. The molecule has 0 unspecified atom stereocenters. The van der Waals surface area contributed by atoms with E-state index < -0.39 is 9.93 Å². The largest absolute Gasteiger partial charge is 0.389 e. The Morgan fingerprint density at radius 3 is 2.39 bits per heavy atom. The minimum absolute atomic E-state index is 0.356. The molecular weight excluding hydrogens is 250 g/mol. The molecule has 102 valence electrons. The smallest absolute Gasteiger partial charge is 0.138 e. The molecule has 0 spiro atoms. The fourth-order valence-electron chi connectivity index (χ4n) is 2.36. The Bertz CT molecular complexity index is 572. The van der Waals surface area contributed by atoms with E-state index >= 15 is 0 Å². The summed E-state index contributed by atoms with van der Waals surface area (Å²) >= 11 is 0. The molecule has 1 aliphatic rings. The van der Waals surface area contributed by atoms with E-state index in [9.17, 15) is 4.21 Å². The second-order valence-electron chi connectivity index (χ2n) is 5.60. The molecule has 5 nitrogen and oxygen atoms in total. The number of oxime groups is 1. The number of aryl methyl sites for hydroxylation is 2. The number of thiol groups is 1. The highest BCUT2D eigenvalue weighted by atomic mass is 32.2. The summed E-state index contributed by atoms with van der Waals surface area (Å²) in [5.74, 6) is 0. The third kappa shape index (κ3) is 1.98. The maximum atomic E-state index is 13.1. The van der Waals surface area contributed by atoms with Crippen LogP contribution in [0.1, 0.15) is 31.7 Å². The first-order valence-corrected chi connectivity index (χ1v) is 8.14. The lowest BCUT2D eigenvalue weighted by Gasteiger charge is -2.20. The summed E-state index contributed by atoms with van der Waals surface area (Å²) in [5.41, 5.74) is 1.39. The zero-order valence-corrected chi connectivity index (χ0v) is 12.7. The van der Waals surface area contributed by atoms with Crippen LogP contribution >= 0.6 is 0 Å². The highest BCUT2D eigenvalue weighted by molar-refractivity contribution is 8.16. The summed E-state index contributed by atoms with van der Waals surface area (Å²) in [6.45, 7) is 7.73. The number of hydrogen-bond acceptors (Lipinski definition) is 4. The molecule has 0 aromatic carbocycles. The van der Waals surface area contributed by atoms with Gasteiger partial charge in [0.25, 0.3) is 0 Å².